The van der Waals surface area contributed by atoms with Crippen molar-refractivity contribution in [2.24, 2.45) is 0 Å². The van der Waals surface area contributed by atoms with E-state index in [4.69, 9.17) is 5.26 Å². The van der Waals surface area contributed by atoms with Crippen molar-refractivity contribution in [3.63, 3.8) is 0 Å². The zero-order valence-electron chi connectivity index (χ0n) is 7.66. The van der Waals surface area contributed by atoms with Crippen LogP contribution in [-0.2, 0) is 4.79 Å². The van der Waals surface area contributed by atoms with Crippen LogP contribution in [-0.4, -0.2) is 10.6 Å². The van der Waals surface area contributed by atoms with E-state index < -0.39 is 0 Å². The van der Waals surface area contributed by atoms with Crippen LogP contribution in [0, 0.1) is 25.2 Å². The van der Waals surface area contributed by atoms with Gasteiger partial charge in [-0.25, -0.2) is 0 Å². The highest BCUT2D eigenvalue weighted by atomic mass is 16.2. The van der Waals surface area contributed by atoms with Gasteiger partial charge in [0.05, 0.1) is 6.07 Å². The Morgan fingerprint density at radius 1 is 1.54 bits per heavy atom. The third-order valence-corrected chi connectivity index (χ3v) is 1.75. The van der Waals surface area contributed by atoms with Gasteiger partial charge in [-0.1, -0.05) is 0 Å². The van der Waals surface area contributed by atoms with Gasteiger partial charge in [-0.05, 0) is 26.0 Å². The fourth-order valence-corrected chi connectivity index (χ4v) is 1.08. The highest BCUT2D eigenvalue weighted by Gasteiger charge is 2.04. The van der Waals surface area contributed by atoms with Gasteiger partial charge in [0.2, 0.25) is 0 Å². The standard InChI is InChI=1S/C9H11N3O/c1-7-3-4-8(2)12(7)11-9(13)5-6-10/h3-4H,5H2,1-2H3,(H,11,13). The van der Waals surface area contributed by atoms with E-state index in [0.717, 1.165) is 11.4 Å². The molecule has 0 unspecified atom stereocenters. The minimum Gasteiger partial charge on any atom is -0.272 e. The smallest absolute Gasteiger partial charge is 0.253 e. The van der Waals surface area contributed by atoms with Gasteiger partial charge in [0, 0.05) is 11.4 Å². The number of hydrogen-bond donors (Lipinski definition) is 1. The Balaban J connectivity index is 2.75. The van der Waals surface area contributed by atoms with E-state index >= 15 is 0 Å². The topological polar surface area (TPSA) is 57.8 Å². The Labute approximate surface area is 76.7 Å². The van der Waals surface area contributed by atoms with Crippen LogP contribution in [0.1, 0.15) is 17.8 Å². The van der Waals surface area contributed by atoms with Crippen LogP contribution in [0.5, 0.6) is 0 Å². The first-order chi connectivity index (χ1) is 6.15. The van der Waals surface area contributed by atoms with E-state index in [1.54, 1.807) is 10.7 Å². The predicted octanol–water partition coefficient (Wildman–Crippen LogP) is 1.09. The van der Waals surface area contributed by atoms with Crippen molar-refractivity contribution in [2.45, 2.75) is 20.3 Å². The second-order valence-corrected chi connectivity index (χ2v) is 2.82. The first-order valence-corrected chi connectivity index (χ1v) is 3.97. The lowest BCUT2D eigenvalue weighted by molar-refractivity contribution is -0.116. The molecule has 0 saturated heterocycles. The molecule has 0 atom stereocenters. The molecule has 1 amide bonds. The molecule has 13 heavy (non-hydrogen) atoms. The van der Waals surface area contributed by atoms with Gasteiger partial charge in [-0.15, -0.1) is 0 Å². The normalized spacial score (nSPS) is 9.31. The molecule has 1 N–H and O–H groups in total. The van der Waals surface area contributed by atoms with Crippen molar-refractivity contribution < 1.29 is 4.79 Å². The number of nitrogens with zero attached hydrogens (tertiary/aromatic N) is 2. The Morgan fingerprint density at radius 2 is 2.08 bits per heavy atom. The molecule has 0 bridgehead atoms. The van der Waals surface area contributed by atoms with Crippen LogP contribution in [0.25, 0.3) is 0 Å². The van der Waals surface area contributed by atoms with E-state index in [0.29, 0.717) is 0 Å². The molecule has 0 aliphatic rings. The number of aryl methyl sites for hydroxylation is 2. The lowest BCUT2D eigenvalue weighted by Gasteiger charge is -2.08. The fraction of sp³-hybridized carbons (Fsp3) is 0.333. The van der Waals surface area contributed by atoms with Crippen molar-refractivity contribution in [2.75, 3.05) is 5.43 Å². The molecule has 0 radical (unpaired) electrons. The summed E-state index contributed by atoms with van der Waals surface area (Å²) in [6.07, 6.45) is -0.114. The molecule has 68 valence electrons. The van der Waals surface area contributed by atoms with Crippen molar-refractivity contribution in [1.29, 1.82) is 5.26 Å². The van der Waals surface area contributed by atoms with E-state index in [2.05, 4.69) is 5.43 Å². The Hall–Kier alpha value is -1.76. The summed E-state index contributed by atoms with van der Waals surface area (Å²) in [7, 11) is 0. The highest BCUT2D eigenvalue weighted by molar-refractivity contribution is 5.85. The maximum absolute atomic E-state index is 11.1. The first kappa shape index (κ1) is 9.33. The van der Waals surface area contributed by atoms with Crippen LogP contribution in [0.3, 0.4) is 0 Å². The Bertz CT molecular complexity index is 340. The summed E-state index contributed by atoms with van der Waals surface area (Å²) in [5, 5.41) is 8.28. The number of carbonyl (C=O) groups is 1. The Morgan fingerprint density at radius 3 is 2.54 bits per heavy atom. The third-order valence-electron chi connectivity index (χ3n) is 1.75. The number of hydrogen-bond acceptors (Lipinski definition) is 2. The molecule has 1 aromatic heterocycles. The first-order valence-electron chi connectivity index (χ1n) is 3.97. The van der Waals surface area contributed by atoms with Crippen LogP contribution >= 0.6 is 0 Å². The van der Waals surface area contributed by atoms with Crippen LogP contribution in [0.2, 0.25) is 0 Å². The van der Waals surface area contributed by atoms with Crippen molar-refractivity contribution >= 4 is 5.91 Å². The molecular formula is C9H11N3O. The van der Waals surface area contributed by atoms with Crippen molar-refractivity contribution in [3.05, 3.63) is 23.5 Å². The van der Waals surface area contributed by atoms with Gasteiger partial charge in [0.15, 0.2) is 0 Å². The number of amides is 1. The second kappa shape index (κ2) is 3.76. The maximum Gasteiger partial charge on any atom is 0.253 e. The lowest BCUT2D eigenvalue weighted by Crippen LogP contribution is -2.23. The van der Waals surface area contributed by atoms with E-state index in [9.17, 15) is 4.79 Å². The van der Waals surface area contributed by atoms with E-state index in [1.807, 2.05) is 26.0 Å². The molecule has 0 aliphatic heterocycles. The third kappa shape index (κ3) is 2.09. The zero-order chi connectivity index (χ0) is 9.84. The van der Waals surface area contributed by atoms with Gasteiger partial charge in [0.1, 0.15) is 6.42 Å². The number of aromatic nitrogens is 1. The average Bonchev–Trinajstić information content (AvgIpc) is 2.36. The van der Waals surface area contributed by atoms with Gasteiger partial charge < -0.3 is 0 Å². The molecule has 1 aromatic rings. The van der Waals surface area contributed by atoms with Gasteiger partial charge in [-0.2, -0.15) is 5.26 Å². The minimum absolute atomic E-state index is 0.114. The zero-order valence-corrected chi connectivity index (χ0v) is 7.66. The molecule has 4 nitrogen and oxygen atoms in total. The largest absolute Gasteiger partial charge is 0.272 e. The lowest BCUT2D eigenvalue weighted by atomic mass is 10.4. The summed E-state index contributed by atoms with van der Waals surface area (Å²) < 4.78 is 1.67. The molecule has 0 spiro atoms. The maximum atomic E-state index is 11.1. The Kier molecular flexibility index (Phi) is 2.70. The highest BCUT2D eigenvalue weighted by Crippen LogP contribution is 2.03. The molecule has 4 heteroatoms. The quantitative estimate of drug-likeness (QED) is 0.735. The number of rotatable bonds is 2. The summed E-state index contributed by atoms with van der Waals surface area (Å²) >= 11 is 0. The summed E-state index contributed by atoms with van der Waals surface area (Å²) in [6.45, 7) is 3.78. The molecule has 1 rings (SSSR count). The molecule has 0 fully saturated rings. The minimum atomic E-state index is -0.287. The molecular weight excluding hydrogens is 166 g/mol. The predicted molar refractivity (Wildman–Crippen MR) is 48.5 cm³/mol. The molecule has 0 saturated carbocycles. The summed E-state index contributed by atoms with van der Waals surface area (Å²) in [4.78, 5) is 11.1. The van der Waals surface area contributed by atoms with Crippen LogP contribution < -0.4 is 5.43 Å². The number of carbonyl (C=O) groups excluding carboxylic acids is 1. The van der Waals surface area contributed by atoms with Crippen LogP contribution in [0.15, 0.2) is 12.1 Å². The van der Waals surface area contributed by atoms with E-state index in [1.165, 1.54) is 0 Å². The summed E-state index contributed by atoms with van der Waals surface area (Å²) in [6, 6.07) is 5.60. The number of nitrogens with one attached hydrogen (secondary N) is 1. The van der Waals surface area contributed by atoms with E-state index in [-0.39, 0.29) is 12.3 Å². The average molecular weight is 177 g/mol. The monoisotopic (exact) mass is 177 g/mol. The SMILES string of the molecule is Cc1ccc(C)n1NC(=O)CC#N. The molecule has 0 aliphatic carbocycles. The number of nitriles is 1. The van der Waals surface area contributed by atoms with Gasteiger partial charge >= 0.3 is 0 Å². The summed E-state index contributed by atoms with van der Waals surface area (Å²) in [5.74, 6) is -0.287. The molecule has 0 aromatic carbocycles. The van der Waals surface area contributed by atoms with Crippen LogP contribution in [0.4, 0.5) is 0 Å². The second-order valence-electron chi connectivity index (χ2n) is 2.82. The van der Waals surface area contributed by atoms with Crippen molar-refractivity contribution in [3.8, 4) is 6.07 Å². The fourth-order valence-electron chi connectivity index (χ4n) is 1.08. The van der Waals surface area contributed by atoms with Crippen molar-refractivity contribution in [1.82, 2.24) is 4.68 Å². The van der Waals surface area contributed by atoms with Gasteiger partial charge in [-0.3, -0.25) is 14.9 Å². The van der Waals surface area contributed by atoms with Gasteiger partial charge in [0.25, 0.3) is 5.91 Å². The molecule has 1 heterocycles. The summed E-state index contributed by atoms with van der Waals surface area (Å²) in [5.41, 5.74) is 4.51.